The minimum absolute atomic E-state index is 0.300. The highest BCUT2D eigenvalue weighted by atomic mass is 32.2. The SMILES string of the molecule is CS(=O)(=O)N1CCC[C@@H](Cc2cc(-n3ccnc3)ncn2)C1. The van der Waals surface area contributed by atoms with Crippen molar-refractivity contribution in [2.24, 2.45) is 5.92 Å². The molecule has 0 radical (unpaired) electrons. The van der Waals surface area contributed by atoms with Gasteiger partial charge in [0.1, 0.15) is 18.5 Å². The molecular weight excluding hydrogens is 302 g/mol. The lowest BCUT2D eigenvalue weighted by molar-refractivity contribution is 0.265. The van der Waals surface area contributed by atoms with Gasteiger partial charge in [-0.2, -0.15) is 0 Å². The van der Waals surface area contributed by atoms with E-state index in [0.29, 0.717) is 19.0 Å². The topological polar surface area (TPSA) is 81.0 Å². The average molecular weight is 321 g/mol. The summed E-state index contributed by atoms with van der Waals surface area (Å²) < 4.78 is 26.8. The second-order valence-corrected chi connectivity index (χ2v) is 7.65. The van der Waals surface area contributed by atoms with E-state index in [1.807, 2.05) is 16.8 Å². The van der Waals surface area contributed by atoms with Crippen molar-refractivity contribution in [3.63, 3.8) is 0 Å². The standard InChI is InChI=1S/C14H19N5O2S/c1-22(20,21)19-5-2-3-12(9-19)7-13-8-14(17-10-16-13)18-6-4-15-11-18/h4,6,8,10-12H,2-3,5,7,9H2,1H3/t12-/m0/s1. The number of hydrogen-bond donors (Lipinski definition) is 0. The van der Waals surface area contributed by atoms with Crippen LogP contribution in [-0.2, 0) is 16.4 Å². The van der Waals surface area contributed by atoms with Crippen LogP contribution in [0.1, 0.15) is 18.5 Å². The summed E-state index contributed by atoms with van der Waals surface area (Å²) in [6.45, 7) is 1.20. The van der Waals surface area contributed by atoms with Gasteiger partial charge >= 0.3 is 0 Å². The van der Waals surface area contributed by atoms with Gasteiger partial charge in [-0.3, -0.25) is 4.57 Å². The highest BCUT2D eigenvalue weighted by Crippen LogP contribution is 2.22. The maximum atomic E-state index is 11.7. The minimum atomic E-state index is -3.11. The molecule has 0 aliphatic carbocycles. The molecule has 1 fully saturated rings. The smallest absolute Gasteiger partial charge is 0.211 e. The van der Waals surface area contributed by atoms with Gasteiger partial charge in [0.2, 0.25) is 10.0 Å². The highest BCUT2D eigenvalue weighted by Gasteiger charge is 2.26. The molecule has 22 heavy (non-hydrogen) atoms. The van der Waals surface area contributed by atoms with E-state index in [1.54, 1.807) is 23.2 Å². The fourth-order valence-electron chi connectivity index (χ4n) is 2.82. The Bertz CT molecular complexity index is 729. The summed E-state index contributed by atoms with van der Waals surface area (Å²) in [4.78, 5) is 12.6. The molecular formula is C14H19N5O2S. The molecule has 8 heteroatoms. The molecule has 1 aliphatic rings. The van der Waals surface area contributed by atoms with E-state index in [-0.39, 0.29) is 0 Å². The number of aromatic nitrogens is 4. The molecule has 2 aromatic heterocycles. The van der Waals surface area contributed by atoms with Crippen LogP contribution in [0.4, 0.5) is 0 Å². The summed E-state index contributed by atoms with van der Waals surface area (Å²) in [7, 11) is -3.11. The van der Waals surface area contributed by atoms with Crippen molar-refractivity contribution in [2.45, 2.75) is 19.3 Å². The Balaban J connectivity index is 1.72. The molecule has 2 aromatic rings. The number of imidazole rings is 1. The van der Waals surface area contributed by atoms with Crippen LogP contribution in [0.5, 0.6) is 0 Å². The van der Waals surface area contributed by atoms with Crippen molar-refractivity contribution in [1.29, 1.82) is 0 Å². The molecule has 0 saturated carbocycles. The summed E-state index contributed by atoms with van der Waals surface area (Å²) >= 11 is 0. The van der Waals surface area contributed by atoms with Crippen molar-refractivity contribution in [1.82, 2.24) is 23.8 Å². The van der Waals surface area contributed by atoms with Gasteiger partial charge in [-0.25, -0.2) is 27.7 Å². The van der Waals surface area contributed by atoms with Gasteiger partial charge in [-0.1, -0.05) is 0 Å². The Kier molecular flexibility index (Phi) is 4.21. The van der Waals surface area contributed by atoms with Gasteiger partial charge in [0.15, 0.2) is 0 Å². The van der Waals surface area contributed by atoms with E-state index >= 15 is 0 Å². The van der Waals surface area contributed by atoms with E-state index in [9.17, 15) is 8.42 Å². The Morgan fingerprint density at radius 2 is 2.23 bits per heavy atom. The maximum Gasteiger partial charge on any atom is 0.211 e. The number of rotatable bonds is 4. The lowest BCUT2D eigenvalue weighted by atomic mass is 9.94. The number of piperidine rings is 1. The third kappa shape index (κ3) is 3.50. The van der Waals surface area contributed by atoms with Crippen LogP contribution in [-0.4, -0.2) is 51.6 Å². The molecule has 0 amide bonds. The molecule has 3 rings (SSSR count). The van der Waals surface area contributed by atoms with E-state index in [4.69, 9.17) is 0 Å². The second kappa shape index (κ2) is 6.13. The lowest BCUT2D eigenvalue weighted by Crippen LogP contribution is -2.39. The van der Waals surface area contributed by atoms with Crippen LogP contribution < -0.4 is 0 Å². The zero-order valence-electron chi connectivity index (χ0n) is 12.5. The normalized spacial score (nSPS) is 20.1. The summed E-state index contributed by atoms with van der Waals surface area (Å²) in [5.41, 5.74) is 0.930. The van der Waals surface area contributed by atoms with E-state index in [0.717, 1.165) is 30.8 Å². The number of hydrogen-bond acceptors (Lipinski definition) is 5. The fourth-order valence-corrected chi connectivity index (χ4v) is 3.77. The van der Waals surface area contributed by atoms with Crippen molar-refractivity contribution in [3.05, 3.63) is 36.8 Å². The summed E-state index contributed by atoms with van der Waals surface area (Å²) in [5, 5.41) is 0. The minimum Gasteiger partial charge on any atom is -0.290 e. The molecule has 7 nitrogen and oxygen atoms in total. The van der Waals surface area contributed by atoms with Crippen LogP contribution in [0.25, 0.3) is 5.82 Å². The summed E-state index contributed by atoms with van der Waals surface area (Å²) in [6.07, 6.45) is 10.7. The van der Waals surface area contributed by atoms with Gasteiger partial charge in [0.25, 0.3) is 0 Å². The first-order valence-electron chi connectivity index (χ1n) is 7.27. The fraction of sp³-hybridized carbons (Fsp3) is 0.500. The van der Waals surface area contributed by atoms with E-state index in [1.165, 1.54) is 6.26 Å². The molecule has 118 valence electrons. The van der Waals surface area contributed by atoms with Gasteiger partial charge in [-0.05, 0) is 25.2 Å². The zero-order valence-corrected chi connectivity index (χ0v) is 13.3. The molecule has 0 aromatic carbocycles. The first-order valence-corrected chi connectivity index (χ1v) is 9.11. The highest BCUT2D eigenvalue weighted by molar-refractivity contribution is 7.88. The third-order valence-corrected chi connectivity index (χ3v) is 5.20. The van der Waals surface area contributed by atoms with Gasteiger partial charge in [-0.15, -0.1) is 0 Å². The molecule has 1 aliphatic heterocycles. The first kappa shape index (κ1) is 15.1. The van der Waals surface area contributed by atoms with Gasteiger partial charge in [0.05, 0.1) is 6.26 Å². The first-order chi connectivity index (χ1) is 10.5. The van der Waals surface area contributed by atoms with Crippen molar-refractivity contribution in [3.8, 4) is 5.82 Å². The van der Waals surface area contributed by atoms with Crippen LogP contribution >= 0.6 is 0 Å². The Hall–Kier alpha value is -1.80. The number of nitrogens with zero attached hydrogens (tertiary/aromatic N) is 5. The van der Waals surface area contributed by atoms with Crippen molar-refractivity contribution < 1.29 is 8.42 Å². The molecule has 0 unspecified atom stereocenters. The molecule has 1 saturated heterocycles. The average Bonchev–Trinajstić information content (AvgIpc) is 3.01. The lowest BCUT2D eigenvalue weighted by Gasteiger charge is -2.30. The van der Waals surface area contributed by atoms with Gasteiger partial charge in [0, 0.05) is 37.2 Å². The Labute approximate surface area is 130 Å². The summed E-state index contributed by atoms with van der Waals surface area (Å²) in [5.74, 6) is 1.08. The predicted molar refractivity (Wildman–Crippen MR) is 82.0 cm³/mol. The second-order valence-electron chi connectivity index (χ2n) is 5.67. The van der Waals surface area contributed by atoms with Gasteiger partial charge < -0.3 is 0 Å². The third-order valence-electron chi connectivity index (χ3n) is 3.93. The zero-order chi connectivity index (χ0) is 15.6. The Morgan fingerprint density at radius 1 is 1.36 bits per heavy atom. The van der Waals surface area contributed by atoms with Crippen LogP contribution in [0.2, 0.25) is 0 Å². The van der Waals surface area contributed by atoms with E-state index in [2.05, 4.69) is 15.0 Å². The molecule has 0 bridgehead atoms. The van der Waals surface area contributed by atoms with Crippen molar-refractivity contribution >= 4 is 10.0 Å². The molecule has 0 spiro atoms. The number of sulfonamides is 1. The predicted octanol–water partition coefficient (Wildman–Crippen LogP) is 0.876. The van der Waals surface area contributed by atoms with Crippen LogP contribution in [0.3, 0.4) is 0 Å². The monoisotopic (exact) mass is 321 g/mol. The molecule has 0 N–H and O–H groups in total. The van der Waals surface area contributed by atoms with Crippen LogP contribution in [0, 0.1) is 5.92 Å². The Morgan fingerprint density at radius 3 is 2.95 bits per heavy atom. The quantitative estimate of drug-likeness (QED) is 0.835. The van der Waals surface area contributed by atoms with Crippen molar-refractivity contribution in [2.75, 3.05) is 19.3 Å². The molecule has 1 atom stereocenters. The largest absolute Gasteiger partial charge is 0.290 e. The molecule has 3 heterocycles. The maximum absolute atomic E-state index is 11.7. The van der Waals surface area contributed by atoms with Crippen LogP contribution in [0.15, 0.2) is 31.1 Å². The summed E-state index contributed by atoms with van der Waals surface area (Å²) in [6, 6.07) is 1.93. The van der Waals surface area contributed by atoms with E-state index < -0.39 is 10.0 Å².